The van der Waals surface area contributed by atoms with E-state index in [0.717, 1.165) is 22.3 Å². The van der Waals surface area contributed by atoms with Crippen molar-refractivity contribution in [2.24, 2.45) is 5.92 Å². The van der Waals surface area contributed by atoms with Gasteiger partial charge in [-0.15, -0.1) is 0 Å². The molecule has 39 heavy (non-hydrogen) atoms. The Morgan fingerprint density at radius 3 is 1.79 bits per heavy atom. The number of morpholine rings is 1. The summed E-state index contributed by atoms with van der Waals surface area (Å²) < 4.78 is 80.8. The number of Topliss-reactive ketones (excluding diaryl/α,β-unsaturated/α-hetero) is 1. The molecule has 2 saturated heterocycles. The van der Waals surface area contributed by atoms with Crippen molar-refractivity contribution in [3.8, 4) is 11.1 Å². The Morgan fingerprint density at radius 2 is 1.26 bits per heavy atom. The lowest BCUT2D eigenvalue weighted by molar-refractivity contribution is -0.0748. The van der Waals surface area contributed by atoms with Gasteiger partial charge in [0.1, 0.15) is 6.61 Å². The molecule has 10 heteroatoms. The zero-order valence-corrected chi connectivity index (χ0v) is 20.4. The fraction of sp³-hybridized carbons (Fsp3) is 0.310. The van der Waals surface area contributed by atoms with Crippen molar-refractivity contribution in [3.05, 3.63) is 94.3 Å². The number of ketones is 1. The number of ether oxygens (including phenoxy) is 2. The molecule has 1 aliphatic carbocycles. The van der Waals surface area contributed by atoms with Gasteiger partial charge in [0.25, 0.3) is 0 Å². The SMILES string of the molecule is O=C(c1c(F)c(F)c(F)c(F)c1F)C1CC2COCC(C1)N2C(=O)OCC1c2ccccc2-c2ccccc21. The van der Waals surface area contributed by atoms with Crippen LogP contribution in [0.25, 0.3) is 11.1 Å². The first-order chi connectivity index (χ1) is 18.8. The van der Waals surface area contributed by atoms with Crippen LogP contribution in [0.4, 0.5) is 26.7 Å². The third-order valence-electron chi connectivity index (χ3n) is 7.89. The van der Waals surface area contributed by atoms with Gasteiger partial charge in [0, 0.05) is 11.8 Å². The lowest BCUT2D eigenvalue weighted by atomic mass is 9.80. The van der Waals surface area contributed by atoms with Crippen LogP contribution in [0.5, 0.6) is 0 Å². The molecule has 2 aliphatic heterocycles. The van der Waals surface area contributed by atoms with E-state index in [1.807, 2.05) is 48.5 Å². The van der Waals surface area contributed by atoms with Crippen molar-refractivity contribution < 1.29 is 41.0 Å². The van der Waals surface area contributed by atoms with Gasteiger partial charge in [-0.1, -0.05) is 48.5 Å². The van der Waals surface area contributed by atoms with Gasteiger partial charge < -0.3 is 9.47 Å². The first-order valence-electron chi connectivity index (χ1n) is 12.5. The Kier molecular flexibility index (Phi) is 6.37. The topological polar surface area (TPSA) is 55.8 Å². The highest BCUT2D eigenvalue weighted by atomic mass is 19.2. The summed E-state index contributed by atoms with van der Waals surface area (Å²) >= 11 is 0. The summed E-state index contributed by atoms with van der Waals surface area (Å²) in [6, 6.07) is 14.4. The summed E-state index contributed by atoms with van der Waals surface area (Å²) in [6.07, 6.45) is -0.754. The smallest absolute Gasteiger partial charge is 0.410 e. The van der Waals surface area contributed by atoms with E-state index >= 15 is 0 Å². The van der Waals surface area contributed by atoms with Crippen LogP contribution >= 0.6 is 0 Å². The number of nitrogens with zero attached hydrogens (tertiary/aromatic N) is 1. The molecule has 2 atom stereocenters. The lowest BCUT2D eigenvalue weighted by Gasteiger charge is -2.47. The Morgan fingerprint density at radius 1 is 0.769 bits per heavy atom. The van der Waals surface area contributed by atoms with Crippen molar-refractivity contribution in [1.82, 2.24) is 4.90 Å². The van der Waals surface area contributed by atoms with Crippen LogP contribution in [-0.4, -0.2) is 48.7 Å². The van der Waals surface area contributed by atoms with Crippen molar-refractivity contribution in [3.63, 3.8) is 0 Å². The van der Waals surface area contributed by atoms with Crippen molar-refractivity contribution in [1.29, 1.82) is 0 Å². The summed E-state index contributed by atoms with van der Waals surface area (Å²) in [7, 11) is 0. The Bertz CT molecular complexity index is 1410. The molecule has 0 saturated carbocycles. The molecule has 0 N–H and O–H groups in total. The summed E-state index contributed by atoms with van der Waals surface area (Å²) in [5.41, 5.74) is 2.79. The summed E-state index contributed by atoms with van der Waals surface area (Å²) in [5, 5.41) is 0. The molecule has 3 aromatic rings. The van der Waals surface area contributed by atoms with Crippen LogP contribution in [0.2, 0.25) is 0 Å². The highest BCUT2D eigenvalue weighted by Crippen LogP contribution is 2.45. The normalized spacial score (nSPS) is 21.9. The number of piperidine rings is 1. The second kappa shape index (κ2) is 9.75. The molecule has 0 spiro atoms. The maximum Gasteiger partial charge on any atom is 0.410 e. The van der Waals surface area contributed by atoms with Gasteiger partial charge in [-0.3, -0.25) is 9.69 Å². The van der Waals surface area contributed by atoms with E-state index in [2.05, 4.69) is 0 Å². The van der Waals surface area contributed by atoms with Crippen molar-refractivity contribution in [2.45, 2.75) is 30.8 Å². The first kappa shape index (κ1) is 25.5. The van der Waals surface area contributed by atoms with Crippen LogP contribution in [0.1, 0.15) is 40.2 Å². The number of amides is 1. The van der Waals surface area contributed by atoms with Crippen molar-refractivity contribution in [2.75, 3.05) is 19.8 Å². The zero-order valence-electron chi connectivity index (χ0n) is 20.4. The largest absolute Gasteiger partial charge is 0.448 e. The van der Waals surface area contributed by atoms with Crippen LogP contribution in [0.15, 0.2) is 48.5 Å². The molecule has 5 nitrogen and oxygen atoms in total. The number of rotatable bonds is 4. The van der Waals surface area contributed by atoms with E-state index < -0.39 is 64.5 Å². The average molecular weight is 543 g/mol. The molecule has 3 aliphatic rings. The minimum atomic E-state index is -2.32. The highest BCUT2D eigenvalue weighted by molar-refractivity contribution is 5.98. The van der Waals surface area contributed by atoms with Gasteiger partial charge in [-0.05, 0) is 35.1 Å². The predicted molar refractivity (Wildman–Crippen MR) is 129 cm³/mol. The number of hydrogen-bond donors (Lipinski definition) is 0. The molecule has 0 radical (unpaired) electrons. The number of halogens is 5. The van der Waals surface area contributed by atoms with Gasteiger partial charge in [0.2, 0.25) is 5.82 Å². The first-order valence-corrected chi connectivity index (χ1v) is 12.5. The molecular formula is C29H22F5NO4. The second-order valence-electron chi connectivity index (χ2n) is 10.0. The number of carbonyl (C=O) groups is 2. The molecule has 2 heterocycles. The van der Waals surface area contributed by atoms with E-state index in [1.165, 1.54) is 4.90 Å². The van der Waals surface area contributed by atoms with Gasteiger partial charge in [-0.2, -0.15) is 0 Å². The molecule has 2 fully saturated rings. The molecule has 3 aromatic carbocycles. The van der Waals surface area contributed by atoms with E-state index in [9.17, 15) is 31.5 Å². The van der Waals surface area contributed by atoms with Gasteiger partial charge in [0.15, 0.2) is 29.1 Å². The second-order valence-corrected chi connectivity index (χ2v) is 10.0. The van der Waals surface area contributed by atoms with Crippen molar-refractivity contribution >= 4 is 11.9 Å². The third kappa shape index (κ3) is 4.09. The number of hydrogen-bond acceptors (Lipinski definition) is 4. The van der Waals surface area contributed by atoms with Crippen LogP contribution in [-0.2, 0) is 9.47 Å². The predicted octanol–water partition coefficient (Wildman–Crippen LogP) is 5.99. The van der Waals surface area contributed by atoms with Crippen LogP contribution in [0, 0.1) is 35.0 Å². The fourth-order valence-corrected chi connectivity index (χ4v) is 6.12. The van der Waals surface area contributed by atoms with Gasteiger partial charge in [0.05, 0.1) is 30.9 Å². The summed E-state index contributed by atoms with van der Waals surface area (Å²) in [6.45, 7) is 0.166. The molecule has 0 aromatic heterocycles. The molecular weight excluding hydrogens is 521 g/mol. The van der Waals surface area contributed by atoms with Gasteiger partial charge in [-0.25, -0.2) is 26.7 Å². The van der Waals surface area contributed by atoms with Crippen LogP contribution < -0.4 is 0 Å². The highest BCUT2D eigenvalue weighted by Gasteiger charge is 2.46. The van der Waals surface area contributed by atoms with E-state index in [-0.39, 0.29) is 38.6 Å². The van der Waals surface area contributed by atoms with E-state index in [1.54, 1.807) is 0 Å². The maximum absolute atomic E-state index is 14.3. The summed E-state index contributed by atoms with van der Waals surface area (Å²) in [4.78, 5) is 27.7. The quantitative estimate of drug-likeness (QED) is 0.176. The van der Waals surface area contributed by atoms with Gasteiger partial charge >= 0.3 is 6.09 Å². The molecule has 2 bridgehead atoms. The minimum Gasteiger partial charge on any atom is -0.448 e. The number of benzene rings is 3. The fourth-order valence-electron chi connectivity index (χ4n) is 6.12. The number of fused-ring (bicyclic) bond motifs is 5. The minimum absolute atomic E-state index is 0.0432. The van der Waals surface area contributed by atoms with E-state index in [4.69, 9.17) is 9.47 Å². The molecule has 6 rings (SSSR count). The summed E-state index contributed by atoms with van der Waals surface area (Å²) in [5.74, 6) is -13.4. The zero-order chi connectivity index (χ0) is 27.4. The van der Waals surface area contributed by atoms with E-state index in [0.29, 0.717) is 0 Å². The Balaban J connectivity index is 1.19. The monoisotopic (exact) mass is 543 g/mol. The Labute approximate surface area is 220 Å². The average Bonchev–Trinajstić information content (AvgIpc) is 3.26. The maximum atomic E-state index is 14.3. The standard InChI is InChI=1S/C29H22F5NO4/c30-23-22(24(31)26(33)27(34)25(23)32)28(36)14-9-15-11-38-12-16(10-14)35(15)29(37)39-13-21-19-7-3-1-5-17(19)18-6-2-4-8-20(18)21/h1-8,14-16,21H,9-13H2. The third-order valence-corrected chi connectivity index (χ3v) is 7.89. The molecule has 202 valence electrons. The molecule has 1 amide bonds. The Hall–Kier alpha value is -3.79. The number of carbonyl (C=O) groups excluding carboxylic acids is 2. The van der Waals surface area contributed by atoms with Crippen LogP contribution in [0.3, 0.4) is 0 Å². The lowest BCUT2D eigenvalue weighted by Crippen LogP contribution is -2.60. The molecule has 2 unspecified atom stereocenters.